The number of likely N-dealkylation sites (tertiary alicyclic amines) is 1. The predicted octanol–water partition coefficient (Wildman–Crippen LogP) is 3.34. The summed E-state index contributed by atoms with van der Waals surface area (Å²) in [6.07, 6.45) is 1.45. The molecule has 3 rings (SSSR count). The molecule has 0 aromatic heterocycles. The van der Waals surface area contributed by atoms with Crippen LogP contribution in [0, 0.1) is 17.5 Å². The summed E-state index contributed by atoms with van der Waals surface area (Å²) in [5, 5.41) is 2.79. The van der Waals surface area contributed by atoms with Crippen LogP contribution >= 0.6 is 0 Å². The summed E-state index contributed by atoms with van der Waals surface area (Å²) < 4.78 is 40.2. The Morgan fingerprint density at radius 1 is 1.11 bits per heavy atom. The molecule has 1 atom stereocenters. The summed E-state index contributed by atoms with van der Waals surface area (Å²) in [4.78, 5) is 25.8. The average Bonchev–Trinajstić information content (AvgIpc) is 3.00. The summed E-state index contributed by atoms with van der Waals surface area (Å²) >= 11 is 0. The van der Waals surface area contributed by atoms with Crippen LogP contribution in [0.4, 0.5) is 13.2 Å². The highest BCUT2D eigenvalue weighted by atomic mass is 19.2. The van der Waals surface area contributed by atoms with Crippen LogP contribution in [-0.4, -0.2) is 29.3 Å². The van der Waals surface area contributed by atoms with Crippen LogP contribution in [0.5, 0.6) is 0 Å². The molecule has 148 valence electrons. The normalized spacial score (nSPS) is 16.5. The van der Waals surface area contributed by atoms with Crippen molar-refractivity contribution in [2.24, 2.45) is 0 Å². The maximum Gasteiger partial charge on any atom is 0.223 e. The molecule has 2 amide bonds. The van der Waals surface area contributed by atoms with Gasteiger partial charge in [0.05, 0.1) is 0 Å². The van der Waals surface area contributed by atoms with Crippen LogP contribution in [0.25, 0.3) is 0 Å². The van der Waals surface area contributed by atoms with Crippen molar-refractivity contribution in [2.45, 2.75) is 38.3 Å². The highest BCUT2D eigenvalue weighted by Gasteiger charge is 2.33. The van der Waals surface area contributed by atoms with E-state index < -0.39 is 11.6 Å². The lowest BCUT2D eigenvalue weighted by Crippen LogP contribution is -2.37. The second-order valence-corrected chi connectivity index (χ2v) is 6.86. The molecule has 0 bridgehead atoms. The van der Waals surface area contributed by atoms with Gasteiger partial charge in [-0.05, 0) is 36.6 Å². The third-order valence-corrected chi connectivity index (χ3v) is 4.89. The summed E-state index contributed by atoms with van der Waals surface area (Å²) in [6.45, 7) is 0.333. The zero-order chi connectivity index (χ0) is 20.1. The van der Waals surface area contributed by atoms with Gasteiger partial charge in [-0.2, -0.15) is 0 Å². The van der Waals surface area contributed by atoms with Crippen LogP contribution in [0.1, 0.15) is 30.4 Å². The van der Waals surface area contributed by atoms with Crippen molar-refractivity contribution in [3.8, 4) is 0 Å². The molecule has 1 saturated heterocycles. The second kappa shape index (κ2) is 8.91. The Bertz CT molecular complexity index is 855. The van der Waals surface area contributed by atoms with Gasteiger partial charge in [-0.1, -0.05) is 24.3 Å². The summed E-state index contributed by atoms with van der Waals surface area (Å²) in [6, 6.07) is 9.56. The lowest BCUT2D eigenvalue weighted by atomic mass is 10.1. The van der Waals surface area contributed by atoms with Gasteiger partial charge in [-0.25, -0.2) is 13.2 Å². The number of carbonyl (C=O) groups is 2. The van der Waals surface area contributed by atoms with E-state index in [1.165, 1.54) is 29.2 Å². The molecule has 0 spiro atoms. The SMILES string of the molecule is O=C(CC1CCC(=O)N1Cc1cccc(F)c1F)NCCc1ccc(F)cc1. The van der Waals surface area contributed by atoms with E-state index in [9.17, 15) is 22.8 Å². The van der Waals surface area contributed by atoms with Gasteiger partial charge in [0.15, 0.2) is 11.6 Å². The smallest absolute Gasteiger partial charge is 0.223 e. The number of nitrogens with one attached hydrogen (secondary N) is 1. The number of hydrogen-bond acceptors (Lipinski definition) is 2. The van der Waals surface area contributed by atoms with E-state index in [1.807, 2.05) is 0 Å². The van der Waals surface area contributed by atoms with Gasteiger partial charge >= 0.3 is 0 Å². The van der Waals surface area contributed by atoms with Gasteiger partial charge in [-0.15, -0.1) is 0 Å². The van der Waals surface area contributed by atoms with Crippen molar-refractivity contribution in [2.75, 3.05) is 6.54 Å². The summed E-state index contributed by atoms with van der Waals surface area (Å²) in [5.41, 5.74) is 0.998. The zero-order valence-electron chi connectivity index (χ0n) is 15.3. The maximum absolute atomic E-state index is 13.9. The summed E-state index contributed by atoms with van der Waals surface area (Å²) in [5.74, 6) is -2.63. The molecule has 1 unspecified atom stereocenters. The Balaban J connectivity index is 1.53. The largest absolute Gasteiger partial charge is 0.356 e. The van der Waals surface area contributed by atoms with Crippen molar-refractivity contribution >= 4 is 11.8 Å². The van der Waals surface area contributed by atoms with Crippen molar-refractivity contribution in [1.29, 1.82) is 0 Å². The first-order valence-corrected chi connectivity index (χ1v) is 9.17. The molecule has 2 aromatic carbocycles. The number of amides is 2. The first-order valence-electron chi connectivity index (χ1n) is 9.17. The van der Waals surface area contributed by atoms with Crippen molar-refractivity contribution in [3.05, 3.63) is 71.0 Å². The fourth-order valence-corrected chi connectivity index (χ4v) is 3.36. The van der Waals surface area contributed by atoms with E-state index in [1.54, 1.807) is 12.1 Å². The zero-order valence-corrected chi connectivity index (χ0v) is 15.3. The third-order valence-electron chi connectivity index (χ3n) is 4.89. The highest BCUT2D eigenvalue weighted by Crippen LogP contribution is 2.25. The Kier molecular flexibility index (Phi) is 6.34. The molecular weight excluding hydrogens is 369 g/mol. The van der Waals surface area contributed by atoms with Crippen molar-refractivity contribution in [3.63, 3.8) is 0 Å². The molecule has 1 aliphatic heterocycles. The Hall–Kier alpha value is -2.83. The Morgan fingerprint density at radius 3 is 2.61 bits per heavy atom. The first-order chi connectivity index (χ1) is 13.4. The van der Waals surface area contributed by atoms with Gasteiger partial charge in [0.2, 0.25) is 11.8 Å². The monoisotopic (exact) mass is 390 g/mol. The van der Waals surface area contributed by atoms with Gasteiger partial charge in [-0.3, -0.25) is 9.59 Å². The molecule has 1 fully saturated rings. The maximum atomic E-state index is 13.9. The van der Waals surface area contributed by atoms with E-state index in [2.05, 4.69) is 5.32 Å². The van der Waals surface area contributed by atoms with Crippen LogP contribution in [0.3, 0.4) is 0 Å². The molecule has 0 aliphatic carbocycles. The van der Waals surface area contributed by atoms with Gasteiger partial charge in [0, 0.05) is 37.5 Å². The Morgan fingerprint density at radius 2 is 1.86 bits per heavy atom. The average molecular weight is 390 g/mol. The van der Waals surface area contributed by atoms with E-state index in [-0.39, 0.29) is 48.6 Å². The second-order valence-electron chi connectivity index (χ2n) is 6.86. The highest BCUT2D eigenvalue weighted by molar-refractivity contribution is 5.82. The van der Waals surface area contributed by atoms with Gasteiger partial charge in [0.1, 0.15) is 5.82 Å². The lowest BCUT2D eigenvalue weighted by molar-refractivity contribution is -0.130. The molecule has 2 aromatic rings. The predicted molar refractivity (Wildman–Crippen MR) is 97.7 cm³/mol. The Labute approximate surface area is 161 Å². The number of nitrogens with zero attached hydrogens (tertiary/aromatic N) is 1. The number of rotatable bonds is 7. The van der Waals surface area contributed by atoms with E-state index in [4.69, 9.17) is 0 Å². The molecule has 1 aliphatic rings. The fourth-order valence-electron chi connectivity index (χ4n) is 3.36. The van der Waals surface area contributed by atoms with Crippen LogP contribution in [0.15, 0.2) is 42.5 Å². The van der Waals surface area contributed by atoms with E-state index in [0.29, 0.717) is 19.4 Å². The van der Waals surface area contributed by atoms with Crippen molar-refractivity contribution < 1.29 is 22.8 Å². The molecular formula is C21H21F3N2O2. The number of benzene rings is 2. The van der Waals surface area contributed by atoms with E-state index in [0.717, 1.165) is 11.6 Å². The van der Waals surface area contributed by atoms with Gasteiger partial charge < -0.3 is 10.2 Å². The topological polar surface area (TPSA) is 49.4 Å². The first kappa shape index (κ1) is 19.9. The third kappa shape index (κ3) is 4.91. The van der Waals surface area contributed by atoms with Crippen LogP contribution in [0.2, 0.25) is 0 Å². The standard InChI is InChI=1S/C21H21F3N2O2/c22-16-6-4-14(5-7-16)10-11-25-19(27)12-17-8-9-20(28)26(17)13-15-2-1-3-18(23)21(15)24/h1-7,17H,8-13H2,(H,25,27). The van der Waals surface area contributed by atoms with Gasteiger partial charge in [0.25, 0.3) is 0 Å². The lowest BCUT2D eigenvalue weighted by Gasteiger charge is -2.25. The minimum Gasteiger partial charge on any atom is -0.356 e. The van der Waals surface area contributed by atoms with Crippen LogP contribution in [-0.2, 0) is 22.6 Å². The molecule has 7 heteroatoms. The minimum atomic E-state index is -0.968. The van der Waals surface area contributed by atoms with E-state index >= 15 is 0 Å². The fraction of sp³-hybridized carbons (Fsp3) is 0.333. The molecule has 4 nitrogen and oxygen atoms in total. The molecule has 0 radical (unpaired) electrons. The number of halogens is 3. The molecule has 1 N–H and O–H groups in total. The molecule has 1 heterocycles. The number of hydrogen-bond donors (Lipinski definition) is 1. The van der Waals surface area contributed by atoms with Crippen LogP contribution < -0.4 is 5.32 Å². The minimum absolute atomic E-state index is 0.0596. The molecule has 28 heavy (non-hydrogen) atoms. The van der Waals surface area contributed by atoms with Crippen molar-refractivity contribution in [1.82, 2.24) is 10.2 Å². The number of carbonyl (C=O) groups excluding carboxylic acids is 2. The summed E-state index contributed by atoms with van der Waals surface area (Å²) in [7, 11) is 0. The molecule has 0 saturated carbocycles. The quantitative estimate of drug-likeness (QED) is 0.788.